The van der Waals surface area contributed by atoms with Gasteiger partial charge >= 0.3 is 0 Å². The Balaban J connectivity index is 1.40. The predicted octanol–water partition coefficient (Wildman–Crippen LogP) is 3.19. The van der Waals surface area contributed by atoms with Gasteiger partial charge in [0.2, 0.25) is 0 Å². The summed E-state index contributed by atoms with van der Waals surface area (Å²) in [7, 11) is 1.56. The second kappa shape index (κ2) is 8.11. The van der Waals surface area contributed by atoms with Crippen LogP contribution in [0.15, 0.2) is 42.5 Å². The van der Waals surface area contributed by atoms with Crippen LogP contribution < -0.4 is 5.32 Å². The third kappa shape index (κ3) is 4.05. The molecular weight excluding hydrogens is 380 g/mol. The molecule has 1 amide bonds. The van der Waals surface area contributed by atoms with Crippen molar-refractivity contribution < 1.29 is 19.5 Å². The summed E-state index contributed by atoms with van der Waals surface area (Å²) in [5.41, 5.74) is 1.44. The largest absolute Gasteiger partial charge is 0.382 e. The summed E-state index contributed by atoms with van der Waals surface area (Å²) in [4.78, 5) is 41.4. The molecule has 2 aliphatic rings. The van der Waals surface area contributed by atoms with Crippen molar-refractivity contribution in [3.8, 4) is 11.3 Å². The predicted molar refractivity (Wildman–Crippen MR) is 112 cm³/mol. The molecule has 2 N–H and O–H groups in total. The number of Topliss-reactive ketones (excluding diaryl/α,β-unsaturated/α-hetero) is 2. The molecule has 2 aromatic rings. The van der Waals surface area contributed by atoms with Gasteiger partial charge in [0.1, 0.15) is 11.3 Å². The van der Waals surface area contributed by atoms with E-state index in [0.29, 0.717) is 55.5 Å². The minimum Gasteiger partial charge on any atom is -0.382 e. The number of ketones is 2. The molecule has 2 aliphatic carbocycles. The first-order chi connectivity index (χ1) is 14.4. The number of nitrogens with zero attached hydrogens (tertiary/aromatic N) is 1. The molecule has 0 atom stereocenters. The van der Waals surface area contributed by atoms with Gasteiger partial charge in [-0.05, 0) is 50.7 Å². The number of rotatable bonds is 6. The summed E-state index contributed by atoms with van der Waals surface area (Å²) in [5.74, 6) is -0.355. The van der Waals surface area contributed by atoms with Crippen LogP contribution in [0.2, 0.25) is 0 Å². The van der Waals surface area contributed by atoms with E-state index in [0.717, 1.165) is 5.56 Å². The monoisotopic (exact) mass is 406 g/mol. The van der Waals surface area contributed by atoms with Crippen LogP contribution in [0.1, 0.15) is 59.4 Å². The molecule has 0 unspecified atom stereocenters. The Morgan fingerprint density at radius 1 is 0.967 bits per heavy atom. The van der Waals surface area contributed by atoms with Gasteiger partial charge in [-0.15, -0.1) is 0 Å². The highest BCUT2D eigenvalue weighted by molar-refractivity contribution is 5.98. The van der Waals surface area contributed by atoms with Crippen LogP contribution in [0, 0.1) is 11.8 Å². The van der Waals surface area contributed by atoms with E-state index in [1.807, 2.05) is 18.2 Å². The van der Waals surface area contributed by atoms with Crippen molar-refractivity contribution in [2.45, 2.75) is 44.1 Å². The van der Waals surface area contributed by atoms with Gasteiger partial charge in [-0.25, -0.2) is 4.98 Å². The Morgan fingerprint density at radius 3 is 2.20 bits per heavy atom. The lowest BCUT2D eigenvalue weighted by Crippen LogP contribution is -2.33. The highest BCUT2D eigenvalue weighted by atomic mass is 16.3. The zero-order chi connectivity index (χ0) is 21.3. The van der Waals surface area contributed by atoms with Crippen LogP contribution in [-0.2, 0) is 4.79 Å². The number of amides is 1. The van der Waals surface area contributed by atoms with Crippen LogP contribution in [0.5, 0.6) is 0 Å². The van der Waals surface area contributed by atoms with Gasteiger partial charge in [0.05, 0.1) is 5.69 Å². The number of hydrogen-bond donors (Lipinski definition) is 2. The smallest absolute Gasteiger partial charge is 0.269 e. The average molecular weight is 406 g/mol. The molecule has 156 valence electrons. The van der Waals surface area contributed by atoms with Gasteiger partial charge in [-0.2, -0.15) is 0 Å². The van der Waals surface area contributed by atoms with Crippen LogP contribution in [0.25, 0.3) is 11.3 Å². The average Bonchev–Trinajstić information content (AvgIpc) is 3.56. The van der Waals surface area contributed by atoms with Gasteiger partial charge in [-0.1, -0.05) is 30.3 Å². The molecule has 30 heavy (non-hydrogen) atoms. The molecule has 0 bridgehead atoms. The summed E-state index contributed by atoms with van der Waals surface area (Å²) in [6.45, 7) is 0. The van der Waals surface area contributed by atoms with Crippen molar-refractivity contribution in [2.75, 3.05) is 7.05 Å². The lowest BCUT2D eigenvalue weighted by molar-refractivity contribution is -0.134. The normalized spacial score (nSPS) is 22.2. The highest BCUT2D eigenvalue weighted by Gasteiger charge is 2.50. The molecule has 2 fully saturated rings. The van der Waals surface area contributed by atoms with Crippen molar-refractivity contribution in [2.24, 2.45) is 11.8 Å². The number of nitrogens with one attached hydrogen (secondary N) is 1. The quantitative estimate of drug-likeness (QED) is 0.718. The van der Waals surface area contributed by atoms with Crippen LogP contribution >= 0.6 is 0 Å². The Morgan fingerprint density at radius 2 is 1.60 bits per heavy atom. The molecule has 0 radical (unpaired) electrons. The Hall–Kier alpha value is -2.86. The first kappa shape index (κ1) is 20.4. The number of aliphatic hydroxyl groups is 1. The van der Waals surface area contributed by atoms with Crippen LogP contribution in [0.3, 0.4) is 0 Å². The Labute approximate surface area is 175 Å². The van der Waals surface area contributed by atoms with Crippen molar-refractivity contribution in [1.29, 1.82) is 0 Å². The molecule has 4 rings (SSSR count). The Kier molecular flexibility index (Phi) is 5.52. The molecule has 1 aromatic carbocycles. The van der Waals surface area contributed by atoms with Crippen LogP contribution in [-0.4, -0.2) is 40.2 Å². The van der Waals surface area contributed by atoms with Gasteiger partial charge in [0, 0.05) is 30.0 Å². The first-order valence-corrected chi connectivity index (χ1v) is 10.5. The fourth-order valence-corrected chi connectivity index (χ4v) is 4.25. The second-order valence-electron chi connectivity index (χ2n) is 8.37. The fraction of sp³-hybridized carbons (Fsp3) is 0.417. The summed E-state index contributed by atoms with van der Waals surface area (Å²) in [6.07, 6.45) is 3.87. The fourth-order valence-electron chi connectivity index (χ4n) is 4.25. The molecule has 6 nitrogen and oxygen atoms in total. The molecular formula is C24H26N2O4. The van der Waals surface area contributed by atoms with Crippen molar-refractivity contribution in [3.05, 3.63) is 53.7 Å². The molecule has 0 spiro atoms. The van der Waals surface area contributed by atoms with Gasteiger partial charge < -0.3 is 10.4 Å². The minimum atomic E-state index is -1.07. The van der Waals surface area contributed by atoms with Gasteiger partial charge in [-0.3, -0.25) is 14.4 Å². The maximum atomic E-state index is 12.9. The number of benzene rings is 1. The topological polar surface area (TPSA) is 96.4 Å². The third-order valence-electron chi connectivity index (χ3n) is 6.33. The third-order valence-corrected chi connectivity index (χ3v) is 6.33. The van der Waals surface area contributed by atoms with Crippen molar-refractivity contribution >= 4 is 17.5 Å². The lowest BCUT2D eigenvalue weighted by Gasteiger charge is -2.28. The van der Waals surface area contributed by atoms with E-state index in [4.69, 9.17) is 0 Å². The van der Waals surface area contributed by atoms with E-state index < -0.39 is 5.60 Å². The Bertz CT molecular complexity index is 971. The SMILES string of the molecule is CNC(=O)c1cccc(-c2ccc(C(=O)C3CCC(C(=O)C4(O)CC4)CC3)cc2)n1. The van der Waals surface area contributed by atoms with E-state index in [1.54, 1.807) is 31.3 Å². The highest BCUT2D eigenvalue weighted by Crippen LogP contribution is 2.42. The summed E-state index contributed by atoms with van der Waals surface area (Å²) < 4.78 is 0. The summed E-state index contributed by atoms with van der Waals surface area (Å²) in [5, 5.41) is 12.6. The standard InChI is InChI=1S/C24H26N2O4/c1-25-23(29)20-4-2-3-19(26-20)15-5-7-16(8-6-15)21(27)17-9-11-18(12-10-17)22(28)24(30)13-14-24/h2-8,17-18,30H,9-14H2,1H3,(H,25,29). The van der Waals surface area contributed by atoms with E-state index in [9.17, 15) is 19.5 Å². The van der Waals surface area contributed by atoms with E-state index in [-0.39, 0.29) is 29.3 Å². The molecule has 0 saturated heterocycles. The zero-order valence-corrected chi connectivity index (χ0v) is 17.1. The maximum Gasteiger partial charge on any atom is 0.269 e. The number of hydrogen-bond acceptors (Lipinski definition) is 5. The minimum absolute atomic E-state index is 0.0239. The zero-order valence-electron chi connectivity index (χ0n) is 17.1. The van der Waals surface area contributed by atoms with Crippen molar-refractivity contribution in [3.63, 3.8) is 0 Å². The number of aromatic nitrogens is 1. The number of carbonyl (C=O) groups is 3. The summed E-state index contributed by atoms with van der Waals surface area (Å²) in [6, 6.07) is 12.6. The summed E-state index contributed by atoms with van der Waals surface area (Å²) >= 11 is 0. The molecule has 1 heterocycles. The second-order valence-corrected chi connectivity index (χ2v) is 8.37. The molecule has 6 heteroatoms. The maximum absolute atomic E-state index is 12.9. The van der Waals surface area contributed by atoms with E-state index in [1.165, 1.54) is 0 Å². The van der Waals surface area contributed by atoms with Crippen molar-refractivity contribution in [1.82, 2.24) is 10.3 Å². The number of pyridine rings is 1. The van der Waals surface area contributed by atoms with E-state index >= 15 is 0 Å². The molecule has 1 aromatic heterocycles. The van der Waals surface area contributed by atoms with Gasteiger partial charge in [0.15, 0.2) is 11.6 Å². The lowest BCUT2D eigenvalue weighted by atomic mass is 9.76. The van der Waals surface area contributed by atoms with E-state index in [2.05, 4.69) is 10.3 Å². The number of carbonyl (C=O) groups excluding carboxylic acids is 3. The first-order valence-electron chi connectivity index (χ1n) is 10.5. The molecule has 0 aliphatic heterocycles. The van der Waals surface area contributed by atoms with Gasteiger partial charge in [0.25, 0.3) is 5.91 Å². The molecule has 2 saturated carbocycles. The van der Waals surface area contributed by atoms with Crippen LogP contribution in [0.4, 0.5) is 0 Å².